The standard InChI is InChI=1S/C12H26N2S/c1-4-12-10-14(8-7-13-12)11(3)6-9-15-5-2/h11-13H,4-10H2,1-3H3. The largest absolute Gasteiger partial charge is 0.311 e. The maximum Gasteiger partial charge on any atom is 0.0193 e. The normalized spacial score (nSPS) is 25.4. The Hall–Kier alpha value is 0.270. The molecule has 1 N–H and O–H groups in total. The van der Waals surface area contributed by atoms with Gasteiger partial charge >= 0.3 is 0 Å². The molecule has 1 rings (SSSR count). The highest BCUT2D eigenvalue weighted by molar-refractivity contribution is 7.99. The van der Waals surface area contributed by atoms with Gasteiger partial charge in [-0.15, -0.1) is 0 Å². The van der Waals surface area contributed by atoms with Gasteiger partial charge in [0, 0.05) is 31.7 Å². The lowest BCUT2D eigenvalue weighted by atomic mass is 10.1. The number of hydrogen-bond acceptors (Lipinski definition) is 3. The van der Waals surface area contributed by atoms with E-state index in [0.29, 0.717) is 0 Å². The van der Waals surface area contributed by atoms with Crippen molar-refractivity contribution < 1.29 is 0 Å². The summed E-state index contributed by atoms with van der Waals surface area (Å²) in [6.07, 6.45) is 2.60. The molecular formula is C12H26N2S. The summed E-state index contributed by atoms with van der Waals surface area (Å²) in [5, 5.41) is 3.57. The Kier molecular flexibility index (Phi) is 6.69. The lowest BCUT2D eigenvalue weighted by Gasteiger charge is -2.37. The molecule has 3 heteroatoms. The predicted octanol–water partition coefficient (Wildman–Crippen LogP) is 2.20. The van der Waals surface area contributed by atoms with Crippen molar-refractivity contribution in [3.8, 4) is 0 Å². The Morgan fingerprint density at radius 2 is 2.27 bits per heavy atom. The summed E-state index contributed by atoms with van der Waals surface area (Å²) in [7, 11) is 0. The zero-order valence-electron chi connectivity index (χ0n) is 10.5. The molecule has 0 aromatic heterocycles. The molecule has 0 amide bonds. The highest BCUT2D eigenvalue weighted by atomic mass is 32.2. The van der Waals surface area contributed by atoms with Gasteiger partial charge in [0.2, 0.25) is 0 Å². The van der Waals surface area contributed by atoms with Gasteiger partial charge in [-0.2, -0.15) is 11.8 Å². The average Bonchev–Trinajstić information content (AvgIpc) is 2.29. The van der Waals surface area contributed by atoms with Crippen LogP contribution in [0.5, 0.6) is 0 Å². The van der Waals surface area contributed by atoms with E-state index in [4.69, 9.17) is 0 Å². The monoisotopic (exact) mass is 230 g/mol. The van der Waals surface area contributed by atoms with Gasteiger partial charge in [0.1, 0.15) is 0 Å². The number of rotatable bonds is 6. The van der Waals surface area contributed by atoms with E-state index in [9.17, 15) is 0 Å². The van der Waals surface area contributed by atoms with E-state index in [0.717, 1.165) is 12.1 Å². The van der Waals surface area contributed by atoms with Gasteiger partial charge in [-0.3, -0.25) is 4.90 Å². The molecule has 1 aliphatic heterocycles. The first-order chi connectivity index (χ1) is 7.27. The van der Waals surface area contributed by atoms with E-state index < -0.39 is 0 Å². The molecule has 1 saturated heterocycles. The van der Waals surface area contributed by atoms with Gasteiger partial charge in [0.25, 0.3) is 0 Å². The second-order valence-corrected chi connectivity index (χ2v) is 5.78. The number of piperazine rings is 1. The van der Waals surface area contributed by atoms with Crippen molar-refractivity contribution in [3.63, 3.8) is 0 Å². The van der Waals surface area contributed by atoms with Crippen molar-refractivity contribution in [2.75, 3.05) is 31.1 Å². The maximum absolute atomic E-state index is 3.57. The lowest BCUT2D eigenvalue weighted by Crippen LogP contribution is -2.53. The molecule has 0 saturated carbocycles. The zero-order valence-corrected chi connectivity index (χ0v) is 11.3. The number of hydrogen-bond donors (Lipinski definition) is 1. The topological polar surface area (TPSA) is 15.3 Å². The molecule has 0 aliphatic carbocycles. The van der Waals surface area contributed by atoms with Crippen molar-refractivity contribution >= 4 is 11.8 Å². The molecule has 0 bridgehead atoms. The van der Waals surface area contributed by atoms with E-state index in [-0.39, 0.29) is 0 Å². The third-order valence-corrected chi connectivity index (χ3v) is 4.22. The van der Waals surface area contributed by atoms with Crippen LogP contribution in [0.2, 0.25) is 0 Å². The third-order valence-electron chi connectivity index (χ3n) is 3.29. The Balaban J connectivity index is 2.22. The Morgan fingerprint density at radius 3 is 2.93 bits per heavy atom. The van der Waals surface area contributed by atoms with Crippen LogP contribution in [0.1, 0.15) is 33.6 Å². The molecule has 1 heterocycles. The first kappa shape index (κ1) is 13.3. The minimum Gasteiger partial charge on any atom is -0.311 e. The van der Waals surface area contributed by atoms with Crippen molar-refractivity contribution in [1.29, 1.82) is 0 Å². The number of nitrogens with one attached hydrogen (secondary N) is 1. The van der Waals surface area contributed by atoms with Crippen LogP contribution in [-0.4, -0.2) is 48.1 Å². The first-order valence-corrected chi connectivity index (χ1v) is 7.48. The second-order valence-electron chi connectivity index (χ2n) is 4.39. The summed E-state index contributed by atoms with van der Waals surface area (Å²) in [5.74, 6) is 2.57. The van der Waals surface area contributed by atoms with Crippen LogP contribution in [0.15, 0.2) is 0 Å². The van der Waals surface area contributed by atoms with E-state index in [1.807, 2.05) is 0 Å². The summed E-state index contributed by atoms with van der Waals surface area (Å²) in [6, 6.07) is 1.49. The van der Waals surface area contributed by atoms with E-state index in [1.165, 1.54) is 44.0 Å². The zero-order chi connectivity index (χ0) is 11.1. The van der Waals surface area contributed by atoms with Gasteiger partial charge in [-0.25, -0.2) is 0 Å². The van der Waals surface area contributed by atoms with Gasteiger partial charge in [-0.1, -0.05) is 13.8 Å². The first-order valence-electron chi connectivity index (χ1n) is 6.33. The summed E-state index contributed by atoms with van der Waals surface area (Å²) in [6.45, 7) is 10.5. The molecule has 2 unspecified atom stereocenters. The lowest BCUT2D eigenvalue weighted by molar-refractivity contribution is 0.148. The average molecular weight is 230 g/mol. The molecule has 0 aromatic rings. The molecule has 0 radical (unpaired) electrons. The quantitative estimate of drug-likeness (QED) is 0.704. The molecule has 15 heavy (non-hydrogen) atoms. The molecule has 0 spiro atoms. The molecule has 1 aliphatic rings. The molecule has 2 atom stereocenters. The van der Waals surface area contributed by atoms with Gasteiger partial charge in [-0.05, 0) is 31.3 Å². The van der Waals surface area contributed by atoms with Gasteiger partial charge in [0.05, 0.1) is 0 Å². The highest BCUT2D eigenvalue weighted by Crippen LogP contribution is 2.12. The van der Waals surface area contributed by atoms with E-state index in [2.05, 4.69) is 42.7 Å². The van der Waals surface area contributed by atoms with Crippen LogP contribution in [-0.2, 0) is 0 Å². The van der Waals surface area contributed by atoms with Gasteiger partial charge < -0.3 is 5.32 Å². The predicted molar refractivity (Wildman–Crippen MR) is 70.7 cm³/mol. The fraction of sp³-hybridized carbons (Fsp3) is 1.00. The molecular weight excluding hydrogens is 204 g/mol. The van der Waals surface area contributed by atoms with Crippen LogP contribution in [0.25, 0.3) is 0 Å². The number of nitrogens with zero attached hydrogens (tertiary/aromatic N) is 1. The Morgan fingerprint density at radius 1 is 1.47 bits per heavy atom. The summed E-state index contributed by atoms with van der Waals surface area (Å²) >= 11 is 2.06. The van der Waals surface area contributed by atoms with Crippen LogP contribution >= 0.6 is 11.8 Å². The molecule has 90 valence electrons. The third kappa shape index (κ3) is 4.75. The smallest absolute Gasteiger partial charge is 0.0193 e. The summed E-state index contributed by atoms with van der Waals surface area (Å²) in [4.78, 5) is 2.65. The van der Waals surface area contributed by atoms with Gasteiger partial charge in [0.15, 0.2) is 0 Å². The van der Waals surface area contributed by atoms with Crippen molar-refractivity contribution in [2.24, 2.45) is 0 Å². The molecule has 2 nitrogen and oxygen atoms in total. The fourth-order valence-electron chi connectivity index (χ4n) is 2.11. The maximum atomic E-state index is 3.57. The summed E-state index contributed by atoms with van der Waals surface area (Å²) < 4.78 is 0. The van der Waals surface area contributed by atoms with Crippen LogP contribution < -0.4 is 5.32 Å². The van der Waals surface area contributed by atoms with Crippen molar-refractivity contribution in [2.45, 2.75) is 45.7 Å². The fourth-order valence-corrected chi connectivity index (χ4v) is 2.90. The second kappa shape index (κ2) is 7.53. The van der Waals surface area contributed by atoms with E-state index >= 15 is 0 Å². The number of thioether (sulfide) groups is 1. The van der Waals surface area contributed by atoms with Crippen molar-refractivity contribution in [3.05, 3.63) is 0 Å². The van der Waals surface area contributed by atoms with E-state index in [1.54, 1.807) is 0 Å². The minimum absolute atomic E-state index is 0.722. The SMILES string of the molecule is CCSCCC(C)N1CCNC(CC)C1. The van der Waals surface area contributed by atoms with Crippen molar-refractivity contribution in [1.82, 2.24) is 10.2 Å². The van der Waals surface area contributed by atoms with Crippen LogP contribution in [0.4, 0.5) is 0 Å². The highest BCUT2D eigenvalue weighted by Gasteiger charge is 2.21. The van der Waals surface area contributed by atoms with Crippen LogP contribution in [0.3, 0.4) is 0 Å². The van der Waals surface area contributed by atoms with Crippen LogP contribution in [0, 0.1) is 0 Å². The molecule has 1 fully saturated rings. The Bertz CT molecular complexity index is 164. The summed E-state index contributed by atoms with van der Waals surface area (Å²) in [5.41, 5.74) is 0. The minimum atomic E-state index is 0.722. The molecule has 0 aromatic carbocycles. The Labute approximate surface area is 99.2 Å².